The molecule has 1 aliphatic rings. The first kappa shape index (κ1) is 29.1. The summed E-state index contributed by atoms with van der Waals surface area (Å²) in [6.45, 7) is 3.50. The van der Waals surface area contributed by atoms with Gasteiger partial charge < -0.3 is 19.5 Å². The molecule has 2 aromatic carbocycles. The van der Waals surface area contributed by atoms with E-state index >= 15 is 0 Å². The van der Waals surface area contributed by atoms with E-state index in [4.69, 9.17) is 9.47 Å². The fourth-order valence-electron chi connectivity index (χ4n) is 4.38. The van der Waals surface area contributed by atoms with Crippen molar-refractivity contribution in [3.8, 4) is 23.3 Å². The number of aliphatic hydroxyl groups excluding tert-OH is 1. The second-order valence-corrected chi connectivity index (χ2v) is 11.6. The highest BCUT2D eigenvalue weighted by Crippen LogP contribution is 2.34. The number of likely N-dealkylation sites (N-methyl/N-ethyl adjacent to an activating group) is 1. The van der Waals surface area contributed by atoms with Crippen LogP contribution in [0.2, 0.25) is 0 Å². The molecular formula is C30H33N3O6S. The second-order valence-electron chi connectivity index (χ2n) is 9.78. The Balaban J connectivity index is 1.70. The van der Waals surface area contributed by atoms with Crippen LogP contribution in [0.3, 0.4) is 0 Å². The van der Waals surface area contributed by atoms with E-state index in [1.807, 2.05) is 31.2 Å². The lowest BCUT2D eigenvalue weighted by Gasteiger charge is -2.37. The van der Waals surface area contributed by atoms with Crippen LogP contribution in [0.1, 0.15) is 35.5 Å². The van der Waals surface area contributed by atoms with Crippen LogP contribution in [0.25, 0.3) is 0 Å². The maximum atomic E-state index is 13.7. The number of pyridine rings is 1. The Morgan fingerprint density at radius 1 is 1.18 bits per heavy atom. The van der Waals surface area contributed by atoms with E-state index in [1.54, 1.807) is 57.6 Å². The van der Waals surface area contributed by atoms with Crippen LogP contribution in [-0.4, -0.2) is 79.6 Å². The molecule has 40 heavy (non-hydrogen) atoms. The number of aromatic nitrogens is 1. The summed E-state index contributed by atoms with van der Waals surface area (Å²) in [5.74, 6) is 6.43. The fourth-order valence-corrected chi connectivity index (χ4v) is 6.20. The molecule has 3 aromatic rings. The van der Waals surface area contributed by atoms with Gasteiger partial charge in [-0.1, -0.05) is 24.8 Å². The molecule has 0 spiro atoms. The number of carbonyl (C=O) groups is 1. The summed E-state index contributed by atoms with van der Waals surface area (Å²) in [4.78, 5) is 18.7. The highest BCUT2D eigenvalue weighted by atomic mass is 32.2. The standard InChI is InChI=1S/C30H33N3O6S/c1-21-18-33(22(2)20-34)40(36,37)29-15-12-24(9-8-23-10-13-25(38-4)14-11-23)17-27(29)39-28(21)19-32(3)30(35)26-7-5-6-16-31-26/h5-7,10-17,21-22,28,34H,18-20H2,1-4H3/t21-,22+,28-/m0/s1. The predicted molar refractivity (Wildman–Crippen MR) is 151 cm³/mol. The molecule has 0 aliphatic carbocycles. The third-order valence-corrected chi connectivity index (χ3v) is 8.81. The van der Waals surface area contributed by atoms with Crippen molar-refractivity contribution in [1.82, 2.24) is 14.2 Å². The average molecular weight is 564 g/mol. The van der Waals surface area contributed by atoms with Crippen LogP contribution >= 0.6 is 0 Å². The largest absolute Gasteiger partial charge is 0.497 e. The van der Waals surface area contributed by atoms with Gasteiger partial charge in [0.1, 0.15) is 28.2 Å². The van der Waals surface area contributed by atoms with Gasteiger partial charge in [0.25, 0.3) is 5.91 Å². The maximum absolute atomic E-state index is 13.7. The maximum Gasteiger partial charge on any atom is 0.272 e. The van der Waals surface area contributed by atoms with E-state index in [9.17, 15) is 18.3 Å². The molecule has 0 saturated carbocycles. The molecule has 0 bridgehead atoms. The minimum absolute atomic E-state index is 0.0154. The summed E-state index contributed by atoms with van der Waals surface area (Å²) in [5, 5.41) is 9.86. The molecule has 4 rings (SSSR count). The van der Waals surface area contributed by atoms with Crippen molar-refractivity contribution in [3.63, 3.8) is 0 Å². The van der Waals surface area contributed by atoms with Crippen LogP contribution in [0.15, 0.2) is 71.8 Å². The van der Waals surface area contributed by atoms with Crippen molar-refractivity contribution in [3.05, 3.63) is 83.7 Å². The molecule has 1 N–H and O–H groups in total. The quantitative estimate of drug-likeness (QED) is 0.459. The van der Waals surface area contributed by atoms with Crippen LogP contribution < -0.4 is 9.47 Å². The first-order valence-corrected chi connectivity index (χ1v) is 14.3. The summed E-state index contributed by atoms with van der Waals surface area (Å²) < 4.78 is 40.3. The van der Waals surface area contributed by atoms with Crippen molar-refractivity contribution >= 4 is 15.9 Å². The zero-order valence-electron chi connectivity index (χ0n) is 22.9. The molecule has 1 aliphatic heterocycles. The van der Waals surface area contributed by atoms with Gasteiger partial charge in [0.15, 0.2) is 0 Å². The lowest BCUT2D eigenvalue weighted by Crippen LogP contribution is -2.50. The van der Waals surface area contributed by atoms with E-state index in [2.05, 4.69) is 16.8 Å². The third kappa shape index (κ3) is 6.45. The van der Waals surface area contributed by atoms with E-state index in [0.29, 0.717) is 11.3 Å². The molecule has 1 aromatic heterocycles. The number of rotatable bonds is 6. The van der Waals surface area contributed by atoms with Crippen molar-refractivity contribution in [2.45, 2.75) is 30.9 Å². The van der Waals surface area contributed by atoms with E-state index in [1.165, 1.54) is 15.3 Å². The Hall–Kier alpha value is -3.91. The number of benzene rings is 2. The van der Waals surface area contributed by atoms with Crippen molar-refractivity contribution in [2.24, 2.45) is 5.92 Å². The zero-order chi connectivity index (χ0) is 28.9. The minimum atomic E-state index is -3.99. The van der Waals surface area contributed by atoms with Crippen molar-refractivity contribution < 1.29 is 27.8 Å². The van der Waals surface area contributed by atoms with Gasteiger partial charge in [-0.05, 0) is 61.5 Å². The van der Waals surface area contributed by atoms with Gasteiger partial charge in [-0.3, -0.25) is 9.78 Å². The van der Waals surface area contributed by atoms with Crippen molar-refractivity contribution in [2.75, 3.05) is 33.9 Å². The molecule has 0 radical (unpaired) electrons. The minimum Gasteiger partial charge on any atom is -0.497 e. The molecule has 0 saturated heterocycles. The Kier molecular flexibility index (Phi) is 9.10. The topological polar surface area (TPSA) is 109 Å². The Labute approximate surface area is 235 Å². The number of carbonyl (C=O) groups excluding carboxylic acids is 1. The number of hydrogen-bond donors (Lipinski definition) is 1. The number of methoxy groups -OCH3 is 1. The van der Waals surface area contributed by atoms with E-state index < -0.39 is 22.2 Å². The summed E-state index contributed by atoms with van der Waals surface area (Å²) >= 11 is 0. The molecular weight excluding hydrogens is 530 g/mol. The molecule has 210 valence electrons. The number of amides is 1. The van der Waals surface area contributed by atoms with Gasteiger partial charge in [0, 0.05) is 42.9 Å². The molecule has 10 heteroatoms. The van der Waals surface area contributed by atoms with Gasteiger partial charge in [0.2, 0.25) is 10.0 Å². The van der Waals surface area contributed by atoms with Crippen LogP contribution in [-0.2, 0) is 10.0 Å². The van der Waals surface area contributed by atoms with E-state index in [-0.39, 0.29) is 42.2 Å². The smallest absolute Gasteiger partial charge is 0.272 e. The Morgan fingerprint density at radius 2 is 1.88 bits per heavy atom. The van der Waals surface area contributed by atoms with Gasteiger partial charge in [-0.25, -0.2) is 8.42 Å². The van der Waals surface area contributed by atoms with Crippen molar-refractivity contribution in [1.29, 1.82) is 0 Å². The molecule has 2 heterocycles. The number of hydrogen-bond acceptors (Lipinski definition) is 7. The molecule has 1 amide bonds. The summed E-state index contributed by atoms with van der Waals surface area (Å²) in [6, 6.07) is 16.5. The molecule has 9 nitrogen and oxygen atoms in total. The lowest BCUT2D eigenvalue weighted by molar-refractivity contribution is 0.0559. The normalized spacial score (nSPS) is 19.0. The third-order valence-electron chi connectivity index (χ3n) is 6.79. The number of sulfonamides is 1. The highest BCUT2D eigenvalue weighted by molar-refractivity contribution is 7.89. The molecule has 0 fully saturated rings. The monoisotopic (exact) mass is 563 g/mol. The lowest BCUT2D eigenvalue weighted by atomic mass is 10.0. The van der Waals surface area contributed by atoms with Crippen LogP contribution in [0.4, 0.5) is 0 Å². The number of nitrogens with zero attached hydrogens (tertiary/aromatic N) is 3. The van der Waals surface area contributed by atoms with Gasteiger partial charge in [-0.2, -0.15) is 4.31 Å². The predicted octanol–water partition coefficient (Wildman–Crippen LogP) is 3.03. The molecule has 3 atom stereocenters. The van der Waals surface area contributed by atoms with Gasteiger partial charge in [0.05, 0.1) is 20.3 Å². The van der Waals surface area contributed by atoms with Gasteiger partial charge in [-0.15, -0.1) is 0 Å². The zero-order valence-corrected chi connectivity index (χ0v) is 23.8. The SMILES string of the molecule is COc1ccc(C#Cc2ccc3c(c2)O[C@@H](CN(C)C(=O)c2ccccn2)[C@@H](C)CN([C@H](C)CO)S3(=O)=O)cc1. The summed E-state index contributed by atoms with van der Waals surface area (Å²) in [7, 11) is -0.740. The highest BCUT2D eigenvalue weighted by Gasteiger charge is 2.38. The first-order valence-electron chi connectivity index (χ1n) is 12.9. The number of fused-ring (bicyclic) bond motifs is 1. The van der Waals surface area contributed by atoms with E-state index in [0.717, 1.165) is 11.3 Å². The first-order chi connectivity index (χ1) is 19.1. The summed E-state index contributed by atoms with van der Waals surface area (Å²) in [6.07, 6.45) is 1.00. The van der Waals surface area contributed by atoms with Crippen LogP contribution in [0, 0.1) is 17.8 Å². The average Bonchev–Trinajstić information content (AvgIpc) is 2.97. The Bertz CT molecular complexity index is 1500. The number of ether oxygens (including phenoxy) is 2. The second kappa shape index (κ2) is 12.5. The van der Waals surface area contributed by atoms with Crippen LogP contribution in [0.5, 0.6) is 11.5 Å². The number of aliphatic hydroxyl groups is 1. The molecule has 0 unspecified atom stereocenters. The van der Waals surface area contributed by atoms with Gasteiger partial charge >= 0.3 is 0 Å². The Morgan fingerprint density at radius 3 is 2.52 bits per heavy atom. The summed E-state index contributed by atoms with van der Waals surface area (Å²) in [5.41, 5.74) is 1.64. The fraction of sp³-hybridized carbons (Fsp3) is 0.333.